The molecular formula is C17H25ClN2O. The van der Waals surface area contributed by atoms with Crippen molar-refractivity contribution in [2.45, 2.75) is 39.5 Å². The van der Waals surface area contributed by atoms with Gasteiger partial charge < -0.3 is 9.80 Å². The maximum atomic E-state index is 12.1. The molecule has 116 valence electrons. The highest BCUT2D eigenvalue weighted by atomic mass is 35.5. The Labute approximate surface area is 132 Å². The molecule has 1 amide bonds. The first kappa shape index (κ1) is 16.2. The summed E-state index contributed by atoms with van der Waals surface area (Å²) in [6.45, 7) is 7.68. The van der Waals surface area contributed by atoms with Gasteiger partial charge in [0.1, 0.15) is 0 Å². The highest BCUT2D eigenvalue weighted by Gasteiger charge is 2.21. The number of piperazine rings is 1. The van der Waals surface area contributed by atoms with Crippen LogP contribution in [-0.4, -0.2) is 37.0 Å². The zero-order valence-electron chi connectivity index (χ0n) is 13.1. The van der Waals surface area contributed by atoms with Crippen molar-refractivity contribution >= 4 is 23.2 Å². The number of hydrogen-bond donors (Lipinski definition) is 0. The molecular weight excluding hydrogens is 284 g/mol. The van der Waals surface area contributed by atoms with Gasteiger partial charge in [0.05, 0.1) is 0 Å². The summed E-state index contributed by atoms with van der Waals surface area (Å²) >= 11 is 6.09. The average Bonchev–Trinajstić information content (AvgIpc) is 2.50. The van der Waals surface area contributed by atoms with Crippen molar-refractivity contribution in [1.82, 2.24) is 4.90 Å². The minimum atomic E-state index is 0.311. The summed E-state index contributed by atoms with van der Waals surface area (Å²) in [4.78, 5) is 16.5. The van der Waals surface area contributed by atoms with Gasteiger partial charge in [0.25, 0.3) is 0 Å². The van der Waals surface area contributed by atoms with E-state index in [4.69, 9.17) is 11.6 Å². The second-order valence-corrected chi connectivity index (χ2v) is 6.19. The number of nitrogens with zero attached hydrogens (tertiary/aromatic N) is 2. The van der Waals surface area contributed by atoms with Crippen LogP contribution in [0.15, 0.2) is 18.2 Å². The smallest absolute Gasteiger partial charge is 0.222 e. The summed E-state index contributed by atoms with van der Waals surface area (Å²) in [5.74, 6) is 0.311. The predicted molar refractivity (Wildman–Crippen MR) is 89.1 cm³/mol. The zero-order chi connectivity index (χ0) is 15.2. The van der Waals surface area contributed by atoms with Gasteiger partial charge in [-0.1, -0.05) is 37.4 Å². The molecule has 0 saturated carbocycles. The number of carbonyl (C=O) groups is 1. The maximum absolute atomic E-state index is 12.1. The van der Waals surface area contributed by atoms with Crippen LogP contribution in [-0.2, 0) is 4.79 Å². The largest absolute Gasteiger partial charge is 0.368 e. The molecule has 2 rings (SSSR count). The van der Waals surface area contributed by atoms with Gasteiger partial charge in [-0.05, 0) is 31.0 Å². The van der Waals surface area contributed by atoms with Crippen LogP contribution in [0.3, 0.4) is 0 Å². The monoisotopic (exact) mass is 308 g/mol. The summed E-state index contributed by atoms with van der Waals surface area (Å²) in [5.41, 5.74) is 2.43. The highest BCUT2D eigenvalue weighted by Crippen LogP contribution is 2.25. The lowest BCUT2D eigenvalue weighted by Crippen LogP contribution is -2.48. The van der Waals surface area contributed by atoms with Crippen molar-refractivity contribution in [2.24, 2.45) is 0 Å². The molecule has 0 radical (unpaired) electrons. The molecule has 1 aliphatic rings. The number of rotatable bonds is 5. The van der Waals surface area contributed by atoms with E-state index in [2.05, 4.69) is 24.8 Å². The lowest BCUT2D eigenvalue weighted by atomic mass is 10.1. The van der Waals surface area contributed by atoms with E-state index in [0.717, 1.165) is 50.5 Å². The lowest BCUT2D eigenvalue weighted by Gasteiger charge is -2.37. The molecule has 1 saturated heterocycles. The van der Waals surface area contributed by atoms with E-state index in [-0.39, 0.29) is 0 Å². The Kier molecular flexibility index (Phi) is 5.92. The Morgan fingerprint density at radius 3 is 2.57 bits per heavy atom. The first-order chi connectivity index (χ1) is 10.1. The quantitative estimate of drug-likeness (QED) is 0.771. The fraction of sp³-hybridized carbons (Fsp3) is 0.588. The van der Waals surface area contributed by atoms with Gasteiger partial charge in [-0.3, -0.25) is 4.79 Å². The molecule has 4 heteroatoms. The van der Waals surface area contributed by atoms with Crippen LogP contribution in [0.1, 0.15) is 38.2 Å². The zero-order valence-corrected chi connectivity index (χ0v) is 13.8. The lowest BCUT2D eigenvalue weighted by molar-refractivity contribution is -0.131. The summed E-state index contributed by atoms with van der Waals surface area (Å²) in [5, 5.41) is 0.772. The number of benzene rings is 1. The molecule has 21 heavy (non-hydrogen) atoms. The summed E-state index contributed by atoms with van der Waals surface area (Å²) in [6, 6.07) is 6.00. The highest BCUT2D eigenvalue weighted by molar-refractivity contribution is 6.30. The fourth-order valence-electron chi connectivity index (χ4n) is 2.80. The van der Waals surface area contributed by atoms with Crippen molar-refractivity contribution in [3.8, 4) is 0 Å². The number of anilines is 1. The average molecular weight is 309 g/mol. The van der Waals surface area contributed by atoms with Gasteiger partial charge in [0, 0.05) is 43.3 Å². The molecule has 0 bridgehead atoms. The molecule has 0 N–H and O–H groups in total. The summed E-state index contributed by atoms with van der Waals surface area (Å²) in [7, 11) is 0. The van der Waals surface area contributed by atoms with Crippen molar-refractivity contribution < 1.29 is 4.79 Å². The molecule has 1 aliphatic heterocycles. The molecule has 3 nitrogen and oxygen atoms in total. The minimum absolute atomic E-state index is 0.311. The number of halogens is 1. The second kappa shape index (κ2) is 7.69. The van der Waals surface area contributed by atoms with E-state index in [1.807, 2.05) is 17.0 Å². The van der Waals surface area contributed by atoms with Crippen LogP contribution in [0.5, 0.6) is 0 Å². The summed E-state index contributed by atoms with van der Waals surface area (Å²) in [6.07, 6.45) is 4.02. The molecule has 1 aromatic carbocycles. The first-order valence-electron chi connectivity index (χ1n) is 7.90. The summed E-state index contributed by atoms with van der Waals surface area (Å²) < 4.78 is 0. The molecule has 0 unspecified atom stereocenters. The molecule has 0 atom stereocenters. The Hall–Kier alpha value is -1.22. The van der Waals surface area contributed by atoms with Crippen molar-refractivity contribution in [3.05, 3.63) is 28.8 Å². The second-order valence-electron chi connectivity index (χ2n) is 5.76. The van der Waals surface area contributed by atoms with Crippen molar-refractivity contribution in [2.75, 3.05) is 31.1 Å². The van der Waals surface area contributed by atoms with Crippen molar-refractivity contribution in [3.63, 3.8) is 0 Å². The molecule has 0 aromatic heterocycles. The Bertz CT molecular complexity index is 482. The van der Waals surface area contributed by atoms with Crippen LogP contribution in [0.4, 0.5) is 5.69 Å². The fourth-order valence-corrected chi connectivity index (χ4v) is 2.97. The molecule has 1 heterocycles. The number of unbranched alkanes of at least 4 members (excludes halogenated alkanes) is 2. The van der Waals surface area contributed by atoms with E-state index in [1.54, 1.807) is 0 Å². The number of hydrogen-bond acceptors (Lipinski definition) is 2. The number of aryl methyl sites for hydroxylation is 1. The third-order valence-corrected chi connectivity index (χ3v) is 4.37. The van der Waals surface area contributed by atoms with Crippen LogP contribution in [0.2, 0.25) is 5.02 Å². The van der Waals surface area contributed by atoms with Gasteiger partial charge in [-0.2, -0.15) is 0 Å². The Balaban J connectivity index is 1.88. The first-order valence-corrected chi connectivity index (χ1v) is 8.28. The molecule has 0 aliphatic carbocycles. The topological polar surface area (TPSA) is 23.6 Å². The van der Waals surface area contributed by atoms with E-state index >= 15 is 0 Å². The molecule has 0 spiro atoms. The van der Waals surface area contributed by atoms with Crippen LogP contribution in [0.25, 0.3) is 0 Å². The van der Waals surface area contributed by atoms with Gasteiger partial charge in [-0.15, -0.1) is 0 Å². The van der Waals surface area contributed by atoms with Crippen LogP contribution >= 0.6 is 11.6 Å². The third-order valence-electron chi connectivity index (χ3n) is 4.14. The van der Waals surface area contributed by atoms with Gasteiger partial charge in [-0.25, -0.2) is 0 Å². The van der Waals surface area contributed by atoms with Gasteiger partial charge in [0.15, 0.2) is 0 Å². The van der Waals surface area contributed by atoms with Crippen LogP contribution < -0.4 is 4.90 Å². The molecule has 1 fully saturated rings. The SMILES string of the molecule is CCCCCC(=O)N1CCN(c2cc(Cl)ccc2C)CC1. The maximum Gasteiger partial charge on any atom is 0.222 e. The van der Waals surface area contributed by atoms with Crippen molar-refractivity contribution in [1.29, 1.82) is 0 Å². The Morgan fingerprint density at radius 2 is 1.90 bits per heavy atom. The van der Waals surface area contributed by atoms with Gasteiger partial charge >= 0.3 is 0 Å². The van der Waals surface area contributed by atoms with E-state index in [0.29, 0.717) is 12.3 Å². The minimum Gasteiger partial charge on any atom is -0.368 e. The van der Waals surface area contributed by atoms with Crippen LogP contribution in [0, 0.1) is 6.92 Å². The van der Waals surface area contributed by atoms with E-state index in [9.17, 15) is 4.79 Å². The third kappa shape index (κ3) is 4.37. The number of carbonyl (C=O) groups excluding carboxylic acids is 1. The standard InChI is InChI=1S/C17H25ClN2O/c1-3-4-5-6-17(21)20-11-9-19(10-12-20)16-13-15(18)8-7-14(16)2/h7-8,13H,3-6,9-12H2,1-2H3. The molecule has 1 aromatic rings. The number of amides is 1. The van der Waals surface area contributed by atoms with E-state index < -0.39 is 0 Å². The Morgan fingerprint density at radius 1 is 1.19 bits per heavy atom. The normalized spacial score (nSPS) is 15.4. The van der Waals surface area contributed by atoms with E-state index in [1.165, 1.54) is 11.3 Å². The predicted octanol–water partition coefficient (Wildman–Crippen LogP) is 3.88. The van der Waals surface area contributed by atoms with Gasteiger partial charge in [0.2, 0.25) is 5.91 Å².